The van der Waals surface area contributed by atoms with Gasteiger partial charge in [0.15, 0.2) is 6.61 Å². The predicted molar refractivity (Wildman–Crippen MR) is 137 cm³/mol. The average molecular weight is 517 g/mol. The van der Waals surface area contributed by atoms with E-state index in [0.29, 0.717) is 22.3 Å². The van der Waals surface area contributed by atoms with Crippen molar-refractivity contribution in [3.8, 4) is 5.75 Å². The van der Waals surface area contributed by atoms with Crippen molar-refractivity contribution in [1.29, 1.82) is 0 Å². The quantitative estimate of drug-likeness (QED) is 0.396. The SMILES string of the molecule is CC(C)N(CC(=O)N1CCc2sccc2C1c1ccc(Cl)cc1)C(=O)COc1ccc(Cl)cc1. The molecule has 0 bridgehead atoms. The van der Waals surface area contributed by atoms with Crippen LogP contribution in [0.2, 0.25) is 10.0 Å². The third-order valence-corrected chi connectivity index (χ3v) is 7.40. The van der Waals surface area contributed by atoms with Gasteiger partial charge in [-0.15, -0.1) is 11.3 Å². The van der Waals surface area contributed by atoms with Gasteiger partial charge in [0.1, 0.15) is 12.3 Å². The number of thiophene rings is 1. The molecule has 0 saturated carbocycles. The molecule has 0 aliphatic carbocycles. The zero-order valence-electron chi connectivity index (χ0n) is 19.0. The van der Waals surface area contributed by atoms with Crippen LogP contribution in [0.1, 0.15) is 35.9 Å². The highest BCUT2D eigenvalue weighted by molar-refractivity contribution is 7.10. The number of ether oxygens (including phenoxy) is 1. The van der Waals surface area contributed by atoms with Crippen LogP contribution in [0, 0.1) is 0 Å². The molecular formula is C26H26Cl2N2O3S. The first-order chi connectivity index (χ1) is 16.3. The number of nitrogens with zero attached hydrogens (tertiary/aromatic N) is 2. The summed E-state index contributed by atoms with van der Waals surface area (Å²) in [5.41, 5.74) is 2.14. The Kier molecular flexibility index (Phi) is 7.81. The Morgan fingerprint density at radius 1 is 1.06 bits per heavy atom. The topological polar surface area (TPSA) is 49.9 Å². The molecule has 0 fully saturated rings. The van der Waals surface area contributed by atoms with Crippen molar-refractivity contribution >= 4 is 46.4 Å². The number of hydrogen-bond acceptors (Lipinski definition) is 4. The number of amides is 2. The summed E-state index contributed by atoms with van der Waals surface area (Å²) in [7, 11) is 0. The summed E-state index contributed by atoms with van der Waals surface area (Å²) >= 11 is 13.7. The van der Waals surface area contributed by atoms with E-state index in [-0.39, 0.29) is 37.0 Å². The Morgan fingerprint density at radius 2 is 1.71 bits per heavy atom. The maximum absolute atomic E-state index is 13.6. The Bertz CT molecular complexity index is 1150. The Hall–Kier alpha value is -2.54. The first kappa shape index (κ1) is 24.6. The van der Waals surface area contributed by atoms with Crippen molar-refractivity contribution in [3.05, 3.63) is 86.0 Å². The van der Waals surface area contributed by atoms with E-state index in [2.05, 4.69) is 11.4 Å². The number of hydrogen-bond donors (Lipinski definition) is 0. The molecule has 0 radical (unpaired) electrons. The standard InChI is InChI=1S/C26H26Cl2N2O3S/c1-17(2)30(25(32)16-33-21-9-7-20(28)8-10-21)15-24(31)29-13-11-23-22(12-14-34-23)26(29)18-3-5-19(27)6-4-18/h3-10,12,14,17,26H,11,13,15-16H2,1-2H3. The summed E-state index contributed by atoms with van der Waals surface area (Å²) < 4.78 is 5.63. The molecule has 1 aromatic heterocycles. The second kappa shape index (κ2) is 10.8. The number of carbonyl (C=O) groups is 2. The number of rotatable bonds is 7. The summed E-state index contributed by atoms with van der Waals surface area (Å²) in [4.78, 5) is 31.3. The first-order valence-electron chi connectivity index (χ1n) is 11.1. The van der Waals surface area contributed by atoms with Gasteiger partial charge >= 0.3 is 0 Å². The van der Waals surface area contributed by atoms with Gasteiger partial charge in [-0.25, -0.2) is 0 Å². The minimum Gasteiger partial charge on any atom is -0.484 e. The minimum absolute atomic E-state index is 0.00988. The number of carbonyl (C=O) groups excluding carboxylic acids is 2. The summed E-state index contributed by atoms with van der Waals surface area (Å²) in [6.07, 6.45) is 0.804. The van der Waals surface area contributed by atoms with Crippen LogP contribution in [0.5, 0.6) is 5.75 Å². The molecule has 8 heteroatoms. The van der Waals surface area contributed by atoms with Gasteiger partial charge in [-0.05, 0) is 79.2 Å². The summed E-state index contributed by atoms with van der Waals surface area (Å²) in [5, 5.41) is 3.32. The van der Waals surface area contributed by atoms with Crippen molar-refractivity contribution in [2.75, 3.05) is 19.7 Å². The molecule has 0 saturated heterocycles. The van der Waals surface area contributed by atoms with E-state index in [0.717, 1.165) is 17.5 Å². The molecule has 34 heavy (non-hydrogen) atoms. The second-order valence-corrected chi connectivity index (χ2v) is 10.3. The van der Waals surface area contributed by atoms with Crippen molar-refractivity contribution in [2.45, 2.75) is 32.4 Å². The fourth-order valence-corrected chi connectivity index (χ4v) is 5.30. The van der Waals surface area contributed by atoms with Crippen molar-refractivity contribution < 1.29 is 14.3 Å². The lowest BCUT2D eigenvalue weighted by Crippen LogP contribution is -2.49. The maximum atomic E-state index is 13.6. The summed E-state index contributed by atoms with van der Waals surface area (Å²) in [6.45, 7) is 4.24. The zero-order valence-corrected chi connectivity index (χ0v) is 21.4. The van der Waals surface area contributed by atoms with Gasteiger partial charge in [0.2, 0.25) is 5.91 Å². The van der Waals surface area contributed by atoms with E-state index in [1.54, 1.807) is 40.5 Å². The molecule has 1 aliphatic rings. The average Bonchev–Trinajstić information content (AvgIpc) is 3.30. The van der Waals surface area contributed by atoms with Crippen molar-refractivity contribution in [3.63, 3.8) is 0 Å². The van der Waals surface area contributed by atoms with E-state index < -0.39 is 0 Å². The van der Waals surface area contributed by atoms with Gasteiger partial charge in [-0.3, -0.25) is 9.59 Å². The first-order valence-corrected chi connectivity index (χ1v) is 12.8. The van der Waals surface area contributed by atoms with Crippen LogP contribution in [-0.4, -0.2) is 47.4 Å². The number of fused-ring (bicyclic) bond motifs is 1. The lowest BCUT2D eigenvalue weighted by Gasteiger charge is -2.38. The molecule has 3 aromatic rings. The van der Waals surface area contributed by atoms with Crippen LogP contribution < -0.4 is 4.74 Å². The van der Waals surface area contributed by atoms with E-state index in [1.807, 2.05) is 43.0 Å². The lowest BCUT2D eigenvalue weighted by molar-refractivity contribution is -0.144. The Balaban J connectivity index is 1.50. The molecule has 1 aliphatic heterocycles. The smallest absolute Gasteiger partial charge is 0.261 e. The molecule has 1 unspecified atom stereocenters. The molecule has 0 spiro atoms. The van der Waals surface area contributed by atoms with Gasteiger partial charge < -0.3 is 14.5 Å². The van der Waals surface area contributed by atoms with Gasteiger partial charge in [-0.2, -0.15) is 0 Å². The van der Waals surface area contributed by atoms with Crippen molar-refractivity contribution in [2.24, 2.45) is 0 Å². The van der Waals surface area contributed by atoms with Crippen LogP contribution in [0.25, 0.3) is 0 Å². The molecule has 2 aromatic carbocycles. The molecule has 5 nitrogen and oxygen atoms in total. The molecule has 1 atom stereocenters. The second-order valence-electron chi connectivity index (χ2n) is 8.45. The third-order valence-electron chi connectivity index (χ3n) is 5.90. The van der Waals surface area contributed by atoms with Crippen LogP contribution in [-0.2, 0) is 16.0 Å². The highest BCUT2D eigenvalue weighted by Gasteiger charge is 2.34. The van der Waals surface area contributed by atoms with E-state index in [1.165, 1.54) is 4.88 Å². The molecule has 2 amide bonds. The third kappa shape index (κ3) is 5.57. The molecular weight excluding hydrogens is 491 g/mol. The fraction of sp³-hybridized carbons (Fsp3) is 0.308. The lowest BCUT2D eigenvalue weighted by atomic mass is 9.93. The minimum atomic E-state index is -0.241. The zero-order chi connectivity index (χ0) is 24.2. The highest BCUT2D eigenvalue weighted by atomic mass is 35.5. The fourth-order valence-electron chi connectivity index (χ4n) is 4.14. The van der Waals surface area contributed by atoms with E-state index >= 15 is 0 Å². The molecule has 4 rings (SSSR count). The maximum Gasteiger partial charge on any atom is 0.261 e. The van der Waals surface area contributed by atoms with Gasteiger partial charge in [0.25, 0.3) is 5.91 Å². The Morgan fingerprint density at radius 3 is 2.35 bits per heavy atom. The van der Waals surface area contributed by atoms with E-state index in [4.69, 9.17) is 27.9 Å². The molecule has 0 N–H and O–H groups in total. The highest BCUT2D eigenvalue weighted by Crippen LogP contribution is 2.38. The van der Waals surface area contributed by atoms with Crippen LogP contribution in [0.4, 0.5) is 0 Å². The van der Waals surface area contributed by atoms with Crippen LogP contribution in [0.15, 0.2) is 60.0 Å². The predicted octanol–water partition coefficient (Wildman–Crippen LogP) is 5.85. The van der Waals surface area contributed by atoms with Gasteiger partial charge in [0.05, 0.1) is 6.04 Å². The summed E-state index contributed by atoms with van der Waals surface area (Å²) in [6, 6.07) is 16.2. The van der Waals surface area contributed by atoms with Crippen molar-refractivity contribution in [1.82, 2.24) is 9.80 Å². The van der Waals surface area contributed by atoms with Crippen LogP contribution in [0.3, 0.4) is 0 Å². The molecule has 178 valence electrons. The van der Waals surface area contributed by atoms with Gasteiger partial charge in [-0.1, -0.05) is 35.3 Å². The summed E-state index contributed by atoms with van der Waals surface area (Å²) in [5.74, 6) is 0.219. The monoisotopic (exact) mass is 516 g/mol. The molecule has 2 heterocycles. The number of halogens is 2. The number of benzene rings is 2. The van der Waals surface area contributed by atoms with E-state index in [9.17, 15) is 9.59 Å². The van der Waals surface area contributed by atoms with Gasteiger partial charge in [0, 0.05) is 27.5 Å². The largest absolute Gasteiger partial charge is 0.484 e. The van der Waals surface area contributed by atoms with Crippen LogP contribution >= 0.6 is 34.5 Å². The normalized spacial score (nSPS) is 15.2. The Labute approximate surface area is 213 Å².